The number of carbonyl (C=O) groups is 3. The summed E-state index contributed by atoms with van der Waals surface area (Å²) in [5, 5.41) is 11.7. The molecule has 0 radical (unpaired) electrons. The van der Waals surface area contributed by atoms with E-state index in [0.29, 0.717) is 23.9 Å². The van der Waals surface area contributed by atoms with E-state index in [0.717, 1.165) is 122 Å². The molecule has 67 heavy (non-hydrogen) atoms. The molecule has 0 aliphatic carbocycles. The molecule has 2 atom stereocenters. The van der Waals surface area contributed by atoms with Crippen LogP contribution in [0.4, 0.5) is 0 Å². The number of nitrogens with zero attached hydrogens (tertiary/aromatic N) is 1. The minimum absolute atomic E-state index is 0.136. The van der Waals surface area contributed by atoms with Crippen molar-refractivity contribution in [2.75, 3.05) is 47.5 Å². The lowest BCUT2D eigenvalue weighted by Crippen LogP contribution is -2.44. The smallest absolute Gasteiger partial charge is 0.306 e. The molecular formula is C58H95NO8. The molecule has 0 aromatic heterocycles. The molecule has 0 amide bonds. The lowest BCUT2D eigenvalue weighted by molar-refractivity contribution is -0.870. The summed E-state index contributed by atoms with van der Waals surface area (Å²) in [5.74, 6) is -2.33. The summed E-state index contributed by atoms with van der Waals surface area (Å²) in [6.07, 6.45) is 62.6. The Morgan fingerprint density at radius 1 is 0.448 bits per heavy atom. The van der Waals surface area contributed by atoms with Crippen LogP contribution in [-0.2, 0) is 33.3 Å². The first kappa shape index (κ1) is 63.0. The molecule has 0 heterocycles. The van der Waals surface area contributed by atoms with E-state index in [1.54, 1.807) is 0 Å². The molecule has 0 aromatic carbocycles. The van der Waals surface area contributed by atoms with Crippen molar-refractivity contribution >= 4 is 17.9 Å². The fourth-order valence-corrected chi connectivity index (χ4v) is 6.55. The van der Waals surface area contributed by atoms with Gasteiger partial charge in [0.25, 0.3) is 0 Å². The third-order valence-electron chi connectivity index (χ3n) is 10.5. The maximum Gasteiger partial charge on any atom is 0.306 e. The van der Waals surface area contributed by atoms with E-state index >= 15 is 0 Å². The molecule has 0 aliphatic heterocycles. The molecule has 9 nitrogen and oxygen atoms in total. The van der Waals surface area contributed by atoms with Gasteiger partial charge in [-0.15, -0.1) is 0 Å². The lowest BCUT2D eigenvalue weighted by atomic mass is 10.1. The van der Waals surface area contributed by atoms with Crippen LogP contribution in [0.1, 0.15) is 181 Å². The molecule has 0 N–H and O–H groups in total. The Balaban J connectivity index is 4.41. The number of unbranched alkanes of at least 4 members (excludes halogenated alkanes) is 13. The van der Waals surface area contributed by atoms with Gasteiger partial charge in [0.05, 0.1) is 40.3 Å². The number of hydrogen-bond donors (Lipinski definition) is 0. The van der Waals surface area contributed by atoms with Crippen molar-refractivity contribution in [3.05, 3.63) is 109 Å². The van der Waals surface area contributed by atoms with E-state index in [9.17, 15) is 19.5 Å². The number of rotatable bonds is 46. The SMILES string of the molecule is CC/C=C\C/C=C\C/C=C\C/C=C\C/C=C\CCCCCCCCCC(=O)OC(COC(=O)CCCCCCCC/C=C\C/C=C\C/C=C\C/C=C\CC)COC(OCC[N+](C)(C)C)C(=O)[O-]. The molecular weight excluding hydrogens is 839 g/mol. The van der Waals surface area contributed by atoms with E-state index in [4.69, 9.17) is 18.9 Å². The van der Waals surface area contributed by atoms with Gasteiger partial charge in [-0.3, -0.25) is 9.59 Å². The fourth-order valence-electron chi connectivity index (χ4n) is 6.55. The second kappa shape index (κ2) is 48.4. The number of ether oxygens (including phenoxy) is 4. The van der Waals surface area contributed by atoms with Gasteiger partial charge in [0.15, 0.2) is 12.4 Å². The highest BCUT2D eigenvalue weighted by molar-refractivity contribution is 5.70. The van der Waals surface area contributed by atoms with Gasteiger partial charge in [0.1, 0.15) is 13.2 Å². The Kier molecular flexibility index (Phi) is 45.5. The third kappa shape index (κ3) is 49.7. The van der Waals surface area contributed by atoms with Gasteiger partial charge >= 0.3 is 11.9 Å². The van der Waals surface area contributed by atoms with Crippen LogP contribution in [0.15, 0.2) is 109 Å². The number of quaternary nitrogens is 1. The summed E-state index contributed by atoms with van der Waals surface area (Å²) in [4.78, 5) is 37.2. The monoisotopic (exact) mass is 934 g/mol. The first-order valence-electron chi connectivity index (χ1n) is 26.0. The Morgan fingerprint density at radius 3 is 1.19 bits per heavy atom. The highest BCUT2D eigenvalue weighted by atomic mass is 16.7. The molecule has 0 fully saturated rings. The highest BCUT2D eigenvalue weighted by Gasteiger charge is 2.21. The Morgan fingerprint density at radius 2 is 0.806 bits per heavy atom. The minimum atomic E-state index is -1.63. The normalized spacial score (nSPS) is 13.7. The van der Waals surface area contributed by atoms with E-state index < -0.39 is 24.3 Å². The van der Waals surface area contributed by atoms with Crippen LogP contribution < -0.4 is 5.11 Å². The Labute approximate surface area is 409 Å². The summed E-state index contributed by atoms with van der Waals surface area (Å²) in [6.45, 7) is 4.47. The van der Waals surface area contributed by atoms with Crippen LogP contribution in [0.5, 0.6) is 0 Å². The molecule has 0 rings (SSSR count). The first-order valence-corrected chi connectivity index (χ1v) is 26.0. The predicted octanol–water partition coefficient (Wildman–Crippen LogP) is 13.4. The van der Waals surface area contributed by atoms with Crippen molar-refractivity contribution in [1.82, 2.24) is 0 Å². The number of allylic oxidation sites excluding steroid dienone is 18. The summed E-state index contributed by atoms with van der Waals surface area (Å²) in [5.41, 5.74) is 0. The molecule has 0 spiro atoms. The quantitative estimate of drug-likeness (QED) is 0.0195. The zero-order chi connectivity index (χ0) is 49.2. The molecule has 0 saturated carbocycles. The predicted molar refractivity (Wildman–Crippen MR) is 278 cm³/mol. The lowest BCUT2D eigenvalue weighted by Gasteiger charge is -2.26. The van der Waals surface area contributed by atoms with Crippen molar-refractivity contribution in [2.45, 2.75) is 193 Å². The van der Waals surface area contributed by atoms with E-state index in [1.165, 1.54) is 19.3 Å². The number of carbonyl (C=O) groups excluding carboxylic acids is 3. The molecule has 0 aromatic rings. The average Bonchev–Trinajstić information content (AvgIpc) is 3.29. The van der Waals surface area contributed by atoms with E-state index in [1.807, 2.05) is 21.1 Å². The van der Waals surface area contributed by atoms with E-state index in [2.05, 4.69) is 123 Å². The minimum Gasteiger partial charge on any atom is -0.545 e. The van der Waals surface area contributed by atoms with Crippen molar-refractivity contribution in [2.24, 2.45) is 0 Å². The molecule has 9 heteroatoms. The highest BCUT2D eigenvalue weighted by Crippen LogP contribution is 2.13. The number of likely N-dealkylation sites (N-methyl/N-ethyl adjacent to an activating group) is 1. The molecule has 2 unspecified atom stereocenters. The zero-order valence-electron chi connectivity index (χ0n) is 43.0. The van der Waals surface area contributed by atoms with Gasteiger partial charge in [-0.05, 0) is 96.3 Å². The molecule has 0 saturated heterocycles. The Bertz CT molecular complexity index is 1460. The van der Waals surface area contributed by atoms with Crippen LogP contribution >= 0.6 is 0 Å². The van der Waals surface area contributed by atoms with Crippen molar-refractivity contribution < 1.29 is 42.9 Å². The van der Waals surface area contributed by atoms with E-state index in [-0.39, 0.29) is 38.6 Å². The number of aliphatic carboxylic acids is 1. The number of carboxylic acids is 1. The van der Waals surface area contributed by atoms with Gasteiger partial charge in [-0.2, -0.15) is 0 Å². The number of esters is 2. The maximum absolute atomic E-state index is 12.8. The summed E-state index contributed by atoms with van der Waals surface area (Å²) in [6, 6.07) is 0. The van der Waals surface area contributed by atoms with Crippen LogP contribution in [-0.4, -0.2) is 82.3 Å². The van der Waals surface area contributed by atoms with Crippen molar-refractivity contribution in [3.8, 4) is 0 Å². The molecule has 0 aliphatic rings. The van der Waals surface area contributed by atoms with Gasteiger partial charge in [0.2, 0.25) is 0 Å². The van der Waals surface area contributed by atoms with Crippen LogP contribution in [0, 0.1) is 0 Å². The fraction of sp³-hybridized carbons (Fsp3) is 0.638. The van der Waals surface area contributed by atoms with Gasteiger partial charge < -0.3 is 33.3 Å². The van der Waals surface area contributed by atoms with Crippen molar-refractivity contribution in [3.63, 3.8) is 0 Å². The van der Waals surface area contributed by atoms with Crippen LogP contribution in [0.2, 0.25) is 0 Å². The van der Waals surface area contributed by atoms with Gasteiger partial charge in [-0.1, -0.05) is 181 Å². The molecule has 380 valence electrons. The second-order valence-corrected chi connectivity index (χ2v) is 18.0. The van der Waals surface area contributed by atoms with Gasteiger partial charge in [-0.25, -0.2) is 0 Å². The van der Waals surface area contributed by atoms with Crippen molar-refractivity contribution in [1.29, 1.82) is 0 Å². The number of hydrogen-bond acceptors (Lipinski definition) is 8. The standard InChI is InChI=1S/C58H95NO8/c1-6-8-10-12-14-16-18-20-22-24-26-27-28-29-31-33-35-37-39-41-43-45-47-49-56(61)67-54(53-66-58(57(62)63)64-51-50-59(3,4)5)52-65-55(60)48-46-44-42-40-38-36-34-32-30-25-23-21-19-17-15-13-11-9-7-2/h8-11,14-17,20-23,26-27,29-32,54,58H,6-7,12-13,18-19,24-25,28,33-53H2,1-5H3/b10-8-,11-9-,16-14-,17-15-,22-20-,23-21-,27-26-,31-29-,32-30-. The Hall–Kier alpha value is -4.05. The van der Waals surface area contributed by atoms with Crippen LogP contribution in [0.3, 0.4) is 0 Å². The first-order chi connectivity index (χ1) is 32.6. The maximum atomic E-state index is 12.8. The summed E-state index contributed by atoms with van der Waals surface area (Å²) in [7, 11) is 5.90. The average molecular weight is 934 g/mol. The van der Waals surface area contributed by atoms with Gasteiger partial charge in [0, 0.05) is 12.8 Å². The second-order valence-electron chi connectivity index (χ2n) is 18.0. The summed E-state index contributed by atoms with van der Waals surface area (Å²) < 4.78 is 22.6. The third-order valence-corrected chi connectivity index (χ3v) is 10.5. The summed E-state index contributed by atoms with van der Waals surface area (Å²) >= 11 is 0. The number of carboxylic acid groups (broad SMARTS) is 1. The molecule has 0 bridgehead atoms. The topological polar surface area (TPSA) is 111 Å². The van der Waals surface area contributed by atoms with Crippen LogP contribution in [0.25, 0.3) is 0 Å². The zero-order valence-corrected chi connectivity index (χ0v) is 43.0. The largest absolute Gasteiger partial charge is 0.545 e.